The second-order valence-corrected chi connectivity index (χ2v) is 5.58. The monoisotopic (exact) mass is 340 g/mol. The highest BCUT2D eigenvalue weighted by Gasteiger charge is 2.32. The molecule has 1 fully saturated rings. The van der Waals surface area contributed by atoms with E-state index in [2.05, 4.69) is 4.98 Å². The van der Waals surface area contributed by atoms with Gasteiger partial charge in [0.1, 0.15) is 11.6 Å². The van der Waals surface area contributed by atoms with E-state index in [1.807, 2.05) is 4.90 Å². The largest absolute Gasteiger partial charge is 0.417 e. The molecule has 1 aliphatic rings. The van der Waals surface area contributed by atoms with Crippen LogP contribution < -0.4 is 15.5 Å². The minimum absolute atomic E-state index is 0.0817. The first kappa shape index (κ1) is 16.4. The van der Waals surface area contributed by atoms with E-state index in [1.165, 1.54) is 12.1 Å². The molecule has 1 aromatic heterocycles. The smallest absolute Gasteiger partial charge is 0.382 e. The van der Waals surface area contributed by atoms with E-state index in [4.69, 9.17) is 5.73 Å². The van der Waals surface area contributed by atoms with Crippen LogP contribution >= 0.6 is 0 Å². The van der Waals surface area contributed by atoms with Crippen LogP contribution in [0.15, 0.2) is 36.5 Å². The molecule has 2 heterocycles. The minimum Gasteiger partial charge on any atom is -0.382 e. The lowest BCUT2D eigenvalue weighted by Crippen LogP contribution is -2.46. The molecule has 0 amide bonds. The molecule has 4 nitrogen and oxygen atoms in total. The van der Waals surface area contributed by atoms with Crippen LogP contribution in [0.1, 0.15) is 5.56 Å². The number of benzene rings is 1. The Bertz CT molecular complexity index is 707. The molecule has 0 unspecified atom stereocenters. The lowest BCUT2D eigenvalue weighted by Gasteiger charge is -2.37. The standard InChI is InChI=1S/C16H16F4N4/c17-12-1-3-13(4-2-12)23-5-7-24(8-6-23)14-9-11(16(18,19)20)10-22-15(14)21/h1-4,9-10H,5-8H2,(H2,21,22). The van der Waals surface area contributed by atoms with E-state index in [-0.39, 0.29) is 11.6 Å². The number of nitrogens with zero attached hydrogens (tertiary/aromatic N) is 3. The highest BCUT2D eigenvalue weighted by molar-refractivity contribution is 5.65. The van der Waals surface area contributed by atoms with Crippen molar-refractivity contribution < 1.29 is 17.6 Å². The predicted molar refractivity (Wildman–Crippen MR) is 84.5 cm³/mol. The maximum absolute atomic E-state index is 13.0. The Morgan fingerprint density at radius 2 is 1.54 bits per heavy atom. The summed E-state index contributed by atoms with van der Waals surface area (Å²) in [5, 5.41) is 0. The number of hydrogen-bond acceptors (Lipinski definition) is 4. The van der Waals surface area contributed by atoms with Crippen LogP contribution in [0.4, 0.5) is 34.8 Å². The molecule has 0 bridgehead atoms. The summed E-state index contributed by atoms with van der Waals surface area (Å²) in [5.41, 5.74) is 6.11. The zero-order valence-electron chi connectivity index (χ0n) is 12.7. The lowest BCUT2D eigenvalue weighted by molar-refractivity contribution is -0.137. The van der Waals surface area contributed by atoms with Crippen LogP contribution in [0.5, 0.6) is 0 Å². The van der Waals surface area contributed by atoms with Gasteiger partial charge in [0.25, 0.3) is 0 Å². The van der Waals surface area contributed by atoms with Crippen LogP contribution in [0.3, 0.4) is 0 Å². The summed E-state index contributed by atoms with van der Waals surface area (Å²) >= 11 is 0. The minimum atomic E-state index is -4.45. The number of aromatic nitrogens is 1. The van der Waals surface area contributed by atoms with Gasteiger partial charge in [0.15, 0.2) is 0 Å². The number of pyridine rings is 1. The average molecular weight is 340 g/mol. The number of nitrogen functional groups attached to an aromatic ring is 1. The van der Waals surface area contributed by atoms with Gasteiger partial charge in [0, 0.05) is 38.1 Å². The number of piperazine rings is 1. The molecule has 24 heavy (non-hydrogen) atoms. The first-order valence-corrected chi connectivity index (χ1v) is 7.43. The summed E-state index contributed by atoms with van der Waals surface area (Å²) in [6.07, 6.45) is -3.71. The van der Waals surface area contributed by atoms with Crippen LogP contribution in [0.2, 0.25) is 0 Å². The quantitative estimate of drug-likeness (QED) is 0.853. The van der Waals surface area contributed by atoms with Crippen molar-refractivity contribution in [2.75, 3.05) is 41.7 Å². The molecule has 2 N–H and O–H groups in total. The van der Waals surface area contributed by atoms with E-state index < -0.39 is 11.7 Å². The molecule has 2 aromatic rings. The molecule has 8 heteroatoms. The molecule has 1 saturated heterocycles. The summed E-state index contributed by atoms with van der Waals surface area (Å²) < 4.78 is 51.5. The molecular formula is C16H16F4N4. The Morgan fingerprint density at radius 1 is 0.958 bits per heavy atom. The third-order valence-corrected chi connectivity index (χ3v) is 4.04. The van der Waals surface area contributed by atoms with E-state index in [1.54, 1.807) is 17.0 Å². The normalized spacial score (nSPS) is 15.7. The third-order valence-electron chi connectivity index (χ3n) is 4.04. The Morgan fingerprint density at radius 3 is 2.12 bits per heavy atom. The van der Waals surface area contributed by atoms with Gasteiger partial charge in [-0.25, -0.2) is 9.37 Å². The first-order valence-electron chi connectivity index (χ1n) is 7.43. The number of hydrogen-bond donors (Lipinski definition) is 1. The molecule has 1 aromatic carbocycles. The van der Waals surface area contributed by atoms with Gasteiger partial charge in [-0.1, -0.05) is 0 Å². The van der Waals surface area contributed by atoms with E-state index in [0.717, 1.165) is 18.0 Å². The fraction of sp³-hybridized carbons (Fsp3) is 0.312. The van der Waals surface area contributed by atoms with Gasteiger partial charge in [-0.3, -0.25) is 0 Å². The Kier molecular flexibility index (Phi) is 4.21. The van der Waals surface area contributed by atoms with Gasteiger partial charge < -0.3 is 15.5 Å². The summed E-state index contributed by atoms with van der Waals surface area (Å²) in [6.45, 7) is 2.21. The van der Waals surface area contributed by atoms with Crippen molar-refractivity contribution in [1.29, 1.82) is 0 Å². The fourth-order valence-corrected chi connectivity index (χ4v) is 2.73. The Labute approximate surface area is 136 Å². The number of halogens is 4. The van der Waals surface area contributed by atoms with Gasteiger partial charge in [-0.2, -0.15) is 13.2 Å². The van der Waals surface area contributed by atoms with Crippen molar-refractivity contribution >= 4 is 17.2 Å². The van der Waals surface area contributed by atoms with Gasteiger partial charge in [-0.15, -0.1) is 0 Å². The Hall–Kier alpha value is -2.51. The van der Waals surface area contributed by atoms with Crippen molar-refractivity contribution in [3.63, 3.8) is 0 Å². The molecule has 0 aliphatic carbocycles. The van der Waals surface area contributed by atoms with Crippen molar-refractivity contribution in [3.05, 3.63) is 47.9 Å². The second-order valence-electron chi connectivity index (χ2n) is 5.58. The molecule has 1 aliphatic heterocycles. The van der Waals surface area contributed by atoms with Crippen LogP contribution in [-0.4, -0.2) is 31.2 Å². The Balaban J connectivity index is 1.74. The summed E-state index contributed by atoms with van der Waals surface area (Å²) in [7, 11) is 0. The highest BCUT2D eigenvalue weighted by Crippen LogP contribution is 2.33. The van der Waals surface area contributed by atoms with E-state index in [9.17, 15) is 17.6 Å². The maximum atomic E-state index is 13.0. The average Bonchev–Trinajstić information content (AvgIpc) is 2.55. The van der Waals surface area contributed by atoms with Gasteiger partial charge >= 0.3 is 6.18 Å². The molecule has 0 spiro atoms. The molecule has 3 rings (SSSR count). The summed E-state index contributed by atoms with van der Waals surface area (Å²) in [4.78, 5) is 7.51. The van der Waals surface area contributed by atoms with Gasteiger partial charge in [0.2, 0.25) is 0 Å². The van der Waals surface area contributed by atoms with E-state index >= 15 is 0 Å². The fourth-order valence-electron chi connectivity index (χ4n) is 2.73. The van der Waals surface area contributed by atoms with Gasteiger partial charge in [0.05, 0.1) is 11.3 Å². The predicted octanol–water partition coefficient (Wildman–Crippen LogP) is 3.15. The SMILES string of the molecule is Nc1ncc(C(F)(F)F)cc1N1CCN(c2ccc(F)cc2)CC1. The van der Waals surface area contributed by atoms with Crippen LogP contribution in [0.25, 0.3) is 0 Å². The zero-order valence-corrected chi connectivity index (χ0v) is 12.7. The molecule has 128 valence electrons. The van der Waals surface area contributed by atoms with Gasteiger partial charge in [-0.05, 0) is 30.3 Å². The number of nitrogens with two attached hydrogens (primary N) is 1. The van der Waals surface area contributed by atoms with Crippen LogP contribution in [0, 0.1) is 5.82 Å². The van der Waals surface area contributed by atoms with Crippen molar-refractivity contribution in [1.82, 2.24) is 4.98 Å². The lowest BCUT2D eigenvalue weighted by atomic mass is 10.2. The topological polar surface area (TPSA) is 45.4 Å². The van der Waals surface area contributed by atoms with Crippen molar-refractivity contribution in [3.8, 4) is 0 Å². The molecular weight excluding hydrogens is 324 g/mol. The van der Waals surface area contributed by atoms with E-state index in [0.29, 0.717) is 31.9 Å². The number of alkyl halides is 3. The highest BCUT2D eigenvalue weighted by atomic mass is 19.4. The first-order chi connectivity index (χ1) is 11.3. The molecule has 0 atom stereocenters. The third kappa shape index (κ3) is 3.37. The molecule has 0 radical (unpaired) electrons. The molecule has 0 saturated carbocycles. The maximum Gasteiger partial charge on any atom is 0.417 e. The summed E-state index contributed by atoms with van der Waals surface area (Å²) in [5.74, 6) is -0.224. The second kappa shape index (κ2) is 6.18. The number of rotatable bonds is 2. The van der Waals surface area contributed by atoms with Crippen LogP contribution in [-0.2, 0) is 6.18 Å². The summed E-state index contributed by atoms with van der Waals surface area (Å²) in [6, 6.07) is 7.18. The van der Waals surface area contributed by atoms with Crippen molar-refractivity contribution in [2.45, 2.75) is 6.18 Å². The van der Waals surface area contributed by atoms with Crippen molar-refractivity contribution in [2.24, 2.45) is 0 Å². The zero-order chi connectivity index (χ0) is 17.3. The number of anilines is 3.